The summed E-state index contributed by atoms with van der Waals surface area (Å²) in [7, 11) is 3.39. The molecule has 0 saturated heterocycles. The van der Waals surface area contributed by atoms with Crippen LogP contribution in [0.2, 0.25) is 0 Å². The van der Waals surface area contributed by atoms with Gasteiger partial charge in [-0.15, -0.1) is 0 Å². The molecule has 0 spiro atoms. The largest absolute Gasteiger partial charge is 0.479 e. The Hall–Kier alpha value is -2.24. The standard InChI is InChI=1S/C14H19N5O/c1-14(2,3)13-18-9(8-10(15-4)19-13)11-12(20-5)17-7-6-16-11/h6-8H,1-5H3,(H,15,18,19). The van der Waals surface area contributed by atoms with Gasteiger partial charge in [-0.3, -0.25) is 0 Å². The molecule has 0 bridgehead atoms. The Morgan fingerprint density at radius 3 is 2.40 bits per heavy atom. The van der Waals surface area contributed by atoms with Crippen molar-refractivity contribution in [3.63, 3.8) is 0 Å². The Labute approximate surface area is 118 Å². The Kier molecular flexibility index (Phi) is 3.83. The van der Waals surface area contributed by atoms with Crippen LogP contribution in [0.25, 0.3) is 11.4 Å². The van der Waals surface area contributed by atoms with Crippen LogP contribution in [-0.4, -0.2) is 34.1 Å². The van der Waals surface area contributed by atoms with Gasteiger partial charge < -0.3 is 10.1 Å². The van der Waals surface area contributed by atoms with Crippen molar-refractivity contribution in [2.24, 2.45) is 0 Å². The molecule has 0 unspecified atom stereocenters. The first-order valence-electron chi connectivity index (χ1n) is 6.38. The molecule has 0 fully saturated rings. The summed E-state index contributed by atoms with van der Waals surface area (Å²) in [6.45, 7) is 6.21. The van der Waals surface area contributed by atoms with Gasteiger partial charge in [-0.2, -0.15) is 0 Å². The van der Waals surface area contributed by atoms with Crippen LogP contribution < -0.4 is 10.1 Å². The molecular weight excluding hydrogens is 254 g/mol. The van der Waals surface area contributed by atoms with Crippen LogP contribution in [0.1, 0.15) is 26.6 Å². The highest BCUT2D eigenvalue weighted by Crippen LogP contribution is 2.28. The van der Waals surface area contributed by atoms with Crippen LogP contribution in [-0.2, 0) is 5.41 Å². The van der Waals surface area contributed by atoms with Gasteiger partial charge in [0.05, 0.1) is 7.11 Å². The lowest BCUT2D eigenvalue weighted by atomic mass is 9.95. The predicted octanol–water partition coefficient (Wildman–Crippen LogP) is 2.28. The topological polar surface area (TPSA) is 72.8 Å². The summed E-state index contributed by atoms with van der Waals surface area (Å²) in [4.78, 5) is 17.6. The minimum atomic E-state index is -0.156. The highest BCUT2D eigenvalue weighted by Gasteiger charge is 2.21. The highest BCUT2D eigenvalue weighted by atomic mass is 16.5. The molecule has 6 heteroatoms. The Morgan fingerprint density at radius 2 is 1.80 bits per heavy atom. The second kappa shape index (κ2) is 5.40. The molecule has 0 aliphatic carbocycles. The average molecular weight is 273 g/mol. The van der Waals surface area contributed by atoms with Crippen molar-refractivity contribution in [2.45, 2.75) is 26.2 Å². The summed E-state index contributed by atoms with van der Waals surface area (Å²) in [5.74, 6) is 1.94. The van der Waals surface area contributed by atoms with Crippen molar-refractivity contribution in [3.05, 3.63) is 24.3 Å². The molecule has 1 N–H and O–H groups in total. The number of aromatic nitrogens is 4. The summed E-state index contributed by atoms with van der Waals surface area (Å²) >= 11 is 0. The first-order chi connectivity index (χ1) is 9.45. The molecule has 2 heterocycles. The SMILES string of the molecule is CNc1cc(-c2nccnc2OC)nc(C(C)(C)C)n1. The number of nitrogens with one attached hydrogen (secondary N) is 1. The molecule has 6 nitrogen and oxygen atoms in total. The predicted molar refractivity (Wildman–Crippen MR) is 77.9 cm³/mol. The van der Waals surface area contributed by atoms with Crippen molar-refractivity contribution < 1.29 is 4.74 Å². The minimum Gasteiger partial charge on any atom is -0.479 e. The van der Waals surface area contributed by atoms with E-state index in [0.29, 0.717) is 17.3 Å². The monoisotopic (exact) mass is 273 g/mol. The molecule has 2 aromatic rings. The van der Waals surface area contributed by atoms with E-state index in [4.69, 9.17) is 4.74 Å². The fourth-order valence-electron chi connectivity index (χ4n) is 1.68. The van der Waals surface area contributed by atoms with Crippen LogP contribution in [0, 0.1) is 0 Å². The van der Waals surface area contributed by atoms with E-state index in [1.54, 1.807) is 19.5 Å². The quantitative estimate of drug-likeness (QED) is 0.925. The molecule has 0 aromatic carbocycles. The molecule has 0 atom stereocenters. The normalized spacial score (nSPS) is 11.2. The Morgan fingerprint density at radius 1 is 1.10 bits per heavy atom. The summed E-state index contributed by atoms with van der Waals surface area (Å²) in [6, 6.07) is 1.84. The third-order valence-electron chi connectivity index (χ3n) is 2.75. The fourth-order valence-corrected chi connectivity index (χ4v) is 1.68. The van der Waals surface area contributed by atoms with Gasteiger partial charge in [-0.1, -0.05) is 20.8 Å². The second-order valence-electron chi connectivity index (χ2n) is 5.38. The molecule has 0 aliphatic rings. The van der Waals surface area contributed by atoms with E-state index in [1.807, 2.05) is 13.1 Å². The number of ether oxygens (including phenoxy) is 1. The van der Waals surface area contributed by atoms with E-state index in [0.717, 1.165) is 11.6 Å². The summed E-state index contributed by atoms with van der Waals surface area (Å²) in [5, 5.41) is 3.05. The van der Waals surface area contributed by atoms with Crippen LogP contribution in [0.15, 0.2) is 18.5 Å². The smallest absolute Gasteiger partial charge is 0.241 e. The van der Waals surface area contributed by atoms with Crippen molar-refractivity contribution in [3.8, 4) is 17.3 Å². The third-order valence-corrected chi connectivity index (χ3v) is 2.75. The number of hydrogen-bond donors (Lipinski definition) is 1. The Bertz CT molecular complexity index is 607. The molecule has 0 aliphatic heterocycles. The van der Waals surface area contributed by atoms with Gasteiger partial charge in [0.2, 0.25) is 5.88 Å². The van der Waals surface area contributed by atoms with E-state index >= 15 is 0 Å². The number of hydrogen-bond acceptors (Lipinski definition) is 6. The van der Waals surface area contributed by atoms with E-state index in [1.165, 1.54) is 0 Å². The van der Waals surface area contributed by atoms with Crippen LogP contribution >= 0.6 is 0 Å². The van der Waals surface area contributed by atoms with Gasteiger partial charge in [-0.05, 0) is 0 Å². The molecule has 106 valence electrons. The maximum absolute atomic E-state index is 5.24. The van der Waals surface area contributed by atoms with Crippen LogP contribution in [0.3, 0.4) is 0 Å². The van der Waals surface area contributed by atoms with E-state index < -0.39 is 0 Å². The molecular formula is C14H19N5O. The lowest BCUT2D eigenvalue weighted by Crippen LogP contribution is -2.17. The lowest BCUT2D eigenvalue weighted by molar-refractivity contribution is 0.397. The second-order valence-corrected chi connectivity index (χ2v) is 5.38. The first kappa shape index (κ1) is 14.2. The maximum Gasteiger partial charge on any atom is 0.241 e. The molecule has 2 rings (SSSR count). The summed E-state index contributed by atoms with van der Waals surface area (Å²) in [5.41, 5.74) is 1.15. The number of methoxy groups -OCH3 is 1. The van der Waals surface area contributed by atoms with E-state index in [-0.39, 0.29) is 5.41 Å². The minimum absolute atomic E-state index is 0.156. The van der Waals surface area contributed by atoms with Crippen molar-refractivity contribution in [1.82, 2.24) is 19.9 Å². The molecule has 20 heavy (non-hydrogen) atoms. The molecule has 0 amide bonds. The van der Waals surface area contributed by atoms with Crippen molar-refractivity contribution in [2.75, 3.05) is 19.5 Å². The maximum atomic E-state index is 5.24. The van der Waals surface area contributed by atoms with Crippen LogP contribution in [0.5, 0.6) is 5.88 Å². The number of nitrogens with zero attached hydrogens (tertiary/aromatic N) is 4. The van der Waals surface area contributed by atoms with Crippen molar-refractivity contribution in [1.29, 1.82) is 0 Å². The van der Waals surface area contributed by atoms with Gasteiger partial charge >= 0.3 is 0 Å². The van der Waals surface area contributed by atoms with Gasteiger partial charge in [0.25, 0.3) is 0 Å². The molecule has 0 radical (unpaired) electrons. The van der Waals surface area contributed by atoms with Crippen LogP contribution in [0.4, 0.5) is 5.82 Å². The summed E-state index contributed by atoms with van der Waals surface area (Å²) < 4.78 is 5.24. The van der Waals surface area contributed by atoms with E-state index in [9.17, 15) is 0 Å². The lowest BCUT2D eigenvalue weighted by Gasteiger charge is -2.18. The van der Waals surface area contributed by atoms with Gasteiger partial charge in [0.1, 0.15) is 17.3 Å². The average Bonchev–Trinajstić information content (AvgIpc) is 2.45. The molecule has 2 aromatic heterocycles. The van der Waals surface area contributed by atoms with Gasteiger partial charge in [0, 0.05) is 30.9 Å². The van der Waals surface area contributed by atoms with Gasteiger partial charge in [0.15, 0.2) is 5.69 Å². The first-order valence-corrected chi connectivity index (χ1v) is 6.38. The Balaban J connectivity index is 2.62. The summed E-state index contributed by atoms with van der Waals surface area (Å²) in [6.07, 6.45) is 3.21. The zero-order valence-corrected chi connectivity index (χ0v) is 12.4. The number of rotatable bonds is 3. The van der Waals surface area contributed by atoms with Gasteiger partial charge in [-0.25, -0.2) is 19.9 Å². The number of anilines is 1. The highest BCUT2D eigenvalue weighted by molar-refractivity contribution is 5.63. The van der Waals surface area contributed by atoms with E-state index in [2.05, 4.69) is 46.0 Å². The zero-order valence-electron chi connectivity index (χ0n) is 12.4. The third kappa shape index (κ3) is 2.84. The fraction of sp³-hybridized carbons (Fsp3) is 0.429. The molecule has 0 saturated carbocycles. The van der Waals surface area contributed by atoms with Crippen molar-refractivity contribution >= 4 is 5.82 Å². The zero-order chi connectivity index (χ0) is 14.8.